The highest BCUT2D eigenvalue weighted by Crippen LogP contribution is 2.33. The molecule has 2 aromatic heterocycles. The zero-order valence-electron chi connectivity index (χ0n) is 14.4. The van der Waals surface area contributed by atoms with Crippen molar-refractivity contribution in [2.75, 3.05) is 13.1 Å². The molecule has 0 aliphatic carbocycles. The number of amides is 1. The summed E-state index contributed by atoms with van der Waals surface area (Å²) >= 11 is 0. The molecule has 28 heavy (non-hydrogen) atoms. The van der Waals surface area contributed by atoms with Gasteiger partial charge in [0.25, 0.3) is 11.5 Å². The number of H-pyrrole nitrogens is 2. The number of aromatic nitrogens is 5. The van der Waals surface area contributed by atoms with Crippen LogP contribution in [0.5, 0.6) is 0 Å². The van der Waals surface area contributed by atoms with Crippen LogP contribution >= 0.6 is 0 Å². The first kappa shape index (κ1) is 18.0. The number of alkyl halides is 3. The summed E-state index contributed by atoms with van der Waals surface area (Å²) in [7, 11) is 0. The van der Waals surface area contributed by atoms with Gasteiger partial charge < -0.3 is 10.00 Å². The minimum Gasteiger partial charge on any atom is -0.337 e. The van der Waals surface area contributed by atoms with E-state index in [1.807, 2.05) is 0 Å². The summed E-state index contributed by atoms with van der Waals surface area (Å²) in [6.45, 7) is 0.821. The molecule has 4 rings (SSSR count). The maximum absolute atomic E-state index is 13.2. The van der Waals surface area contributed by atoms with Crippen molar-refractivity contribution < 1.29 is 18.0 Å². The van der Waals surface area contributed by atoms with Gasteiger partial charge in [0, 0.05) is 30.8 Å². The molecular weight excluding hydrogens is 377 g/mol. The van der Waals surface area contributed by atoms with E-state index in [2.05, 4.69) is 20.5 Å². The second-order valence-electron chi connectivity index (χ2n) is 6.51. The van der Waals surface area contributed by atoms with Crippen LogP contribution in [0.25, 0.3) is 5.69 Å². The summed E-state index contributed by atoms with van der Waals surface area (Å²) in [5, 5.41) is 12.7. The van der Waals surface area contributed by atoms with Gasteiger partial charge in [-0.3, -0.25) is 14.7 Å². The smallest absolute Gasteiger partial charge is 0.337 e. The summed E-state index contributed by atoms with van der Waals surface area (Å²) < 4.78 is 40.5. The van der Waals surface area contributed by atoms with E-state index in [4.69, 9.17) is 0 Å². The quantitative estimate of drug-likeness (QED) is 0.711. The van der Waals surface area contributed by atoms with Crippen molar-refractivity contribution in [3.05, 3.63) is 63.8 Å². The maximum atomic E-state index is 13.2. The van der Waals surface area contributed by atoms with E-state index in [1.165, 1.54) is 30.5 Å². The van der Waals surface area contributed by atoms with E-state index >= 15 is 0 Å². The topological polar surface area (TPSA) is 99.7 Å². The number of halogens is 3. The van der Waals surface area contributed by atoms with Gasteiger partial charge in [-0.15, -0.1) is 5.10 Å². The number of carbonyl (C=O) groups is 1. The van der Waals surface area contributed by atoms with Gasteiger partial charge in [0.1, 0.15) is 0 Å². The first-order valence-electron chi connectivity index (χ1n) is 8.49. The Morgan fingerprint density at radius 2 is 2.00 bits per heavy atom. The van der Waals surface area contributed by atoms with Crippen LogP contribution in [0.2, 0.25) is 0 Å². The number of rotatable bonds is 3. The SMILES string of the molecule is O=C(c1cn(-c2ccccc2C(F)(F)F)nn1)N1CCC(c2cc(=O)[nH][nH]2)C1. The van der Waals surface area contributed by atoms with Crippen molar-refractivity contribution in [1.29, 1.82) is 0 Å². The molecule has 0 bridgehead atoms. The lowest BCUT2D eigenvalue weighted by Crippen LogP contribution is -2.28. The molecule has 1 aromatic carbocycles. The molecule has 1 atom stereocenters. The summed E-state index contributed by atoms with van der Waals surface area (Å²) in [6, 6.07) is 6.39. The maximum Gasteiger partial charge on any atom is 0.418 e. The lowest BCUT2D eigenvalue weighted by Gasteiger charge is -2.14. The van der Waals surface area contributed by atoms with E-state index in [0.29, 0.717) is 25.2 Å². The minimum atomic E-state index is -4.55. The van der Waals surface area contributed by atoms with Crippen LogP contribution in [0.15, 0.2) is 41.3 Å². The molecule has 8 nitrogen and oxygen atoms in total. The number of nitrogens with zero attached hydrogens (tertiary/aromatic N) is 4. The second-order valence-corrected chi connectivity index (χ2v) is 6.51. The van der Waals surface area contributed by atoms with Gasteiger partial charge in [-0.2, -0.15) is 13.2 Å². The van der Waals surface area contributed by atoms with Crippen LogP contribution in [-0.4, -0.2) is 49.1 Å². The number of likely N-dealkylation sites (tertiary alicyclic amines) is 1. The second kappa shape index (κ2) is 6.66. The molecular formula is C17H15F3N6O2. The Hall–Kier alpha value is -3.37. The van der Waals surface area contributed by atoms with E-state index < -0.39 is 17.6 Å². The number of hydrogen-bond acceptors (Lipinski definition) is 4. The van der Waals surface area contributed by atoms with Crippen LogP contribution in [0.4, 0.5) is 13.2 Å². The third-order valence-corrected chi connectivity index (χ3v) is 4.70. The highest BCUT2D eigenvalue weighted by atomic mass is 19.4. The first-order chi connectivity index (χ1) is 13.3. The van der Waals surface area contributed by atoms with Gasteiger partial charge >= 0.3 is 6.18 Å². The van der Waals surface area contributed by atoms with Crippen molar-refractivity contribution in [2.24, 2.45) is 0 Å². The highest BCUT2D eigenvalue weighted by Gasteiger charge is 2.35. The highest BCUT2D eigenvalue weighted by molar-refractivity contribution is 5.92. The fourth-order valence-corrected chi connectivity index (χ4v) is 3.32. The molecule has 1 saturated heterocycles. The zero-order valence-corrected chi connectivity index (χ0v) is 14.4. The Labute approximate surface area is 156 Å². The van der Waals surface area contributed by atoms with Crippen LogP contribution in [-0.2, 0) is 6.18 Å². The lowest BCUT2D eigenvalue weighted by molar-refractivity contribution is -0.137. The van der Waals surface area contributed by atoms with Crippen LogP contribution < -0.4 is 5.56 Å². The molecule has 0 saturated carbocycles. The number of nitrogens with one attached hydrogen (secondary N) is 2. The fraction of sp³-hybridized carbons (Fsp3) is 0.294. The number of aromatic amines is 2. The van der Waals surface area contributed by atoms with Crippen LogP contribution in [0.3, 0.4) is 0 Å². The lowest BCUT2D eigenvalue weighted by atomic mass is 10.1. The number of hydrogen-bond donors (Lipinski definition) is 2. The molecule has 0 spiro atoms. The molecule has 1 unspecified atom stereocenters. The number of carbonyl (C=O) groups excluding carboxylic acids is 1. The first-order valence-corrected chi connectivity index (χ1v) is 8.49. The number of benzene rings is 1. The van der Waals surface area contributed by atoms with Gasteiger partial charge in [0.05, 0.1) is 17.4 Å². The molecule has 0 radical (unpaired) electrons. The third kappa shape index (κ3) is 3.30. The summed E-state index contributed by atoms with van der Waals surface area (Å²) in [5.41, 5.74) is -0.642. The van der Waals surface area contributed by atoms with Crippen molar-refractivity contribution in [2.45, 2.75) is 18.5 Å². The Balaban J connectivity index is 1.54. The van der Waals surface area contributed by atoms with Crippen LogP contribution in [0.1, 0.15) is 34.1 Å². The van der Waals surface area contributed by atoms with Crippen LogP contribution in [0, 0.1) is 0 Å². The van der Waals surface area contributed by atoms with Crippen molar-refractivity contribution >= 4 is 5.91 Å². The van der Waals surface area contributed by atoms with E-state index in [9.17, 15) is 22.8 Å². The average molecular weight is 392 g/mol. The van der Waals surface area contributed by atoms with Gasteiger partial charge in [0.15, 0.2) is 5.69 Å². The predicted octanol–water partition coefficient (Wildman–Crippen LogP) is 1.93. The molecule has 3 heterocycles. The zero-order chi connectivity index (χ0) is 19.9. The average Bonchev–Trinajstić information content (AvgIpc) is 3.40. The van der Waals surface area contributed by atoms with Crippen molar-refractivity contribution in [1.82, 2.24) is 30.1 Å². The van der Waals surface area contributed by atoms with Crippen molar-refractivity contribution in [3.63, 3.8) is 0 Å². The molecule has 1 aliphatic heterocycles. The Kier molecular flexibility index (Phi) is 4.28. The standard InChI is InChI=1S/C17H15F3N6O2/c18-17(19,20)11-3-1-2-4-14(11)26-9-13(22-24-26)16(28)25-6-5-10(8-25)12-7-15(27)23-21-12/h1-4,7,9-10H,5-6,8H2,(H2,21,23,27). The largest absolute Gasteiger partial charge is 0.418 e. The summed E-state index contributed by atoms with van der Waals surface area (Å²) in [5.74, 6) is -0.444. The van der Waals surface area contributed by atoms with Gasteiger partial charge in [-0.1, -0.05) is 17.3 Å². The molecule has 2 N–H and O–H groups in total. The predicted molar refractivity (Wildman–Crippen MR) is 91.0 cm³/mol. The van der Waals surface area contributed by atoms with Gasteiger partial charge in [0.2, 0.25) is 0 Å². The molecule has 146 valence electrons. The Morgan fingerprint density at radius 1 is 1.21 bits per heavy atom. The normalized spacial score (nSPS) is 17.2. The van der Waals surface area contributed by atoms with E-state index in [1.54, 1.807) is 4.90 Å². The third-order valence-electron chi connectivity index (χ3n) is 4.70. The van der Waals surface area contributed by atoms with Gasteiger partial charge in [-0.25, -0.2) is 4.68 Å². The monoisotopic (exact) mass is 392 g/mol. The Bertz CT molecular complexity index is 1070. The molecule has 1 aliphatic rings. The Morgan fingerprint density at radius 3 is 2.71 bits per heavy atom. The summed E-state index contributed by atoms with van der Waals surface area (Å²) in [4.78, 5) is 25.5. The molecule has 11 heteroatoms. The van der Waals surface area contributed by atoms with E-state index in [0.717, 1.165) is 10.7 Å². The van der Waals surface area contributed by atoms with Crippen molar-refractivity contribution in [3.8, 4) is 5.69 Å². The number of para-hydroxylation sites is 1. The molecule has 1 amide bonds. The van der Waals surface area contributed by atoms with Gasteiger partial charge in [-0.05, 0) is 18.6 Å². The molecule has 3 aromatic rings. The summed E-state index contributed by atoms with van der Waals surface area (Å²) in [6.07, 6.45) is -2.70. The minimum absolute atomic E-state index is 0.0242. The fourth-order valence-electron chi connectivity index (χ4n) is 3.32. The molecule has 1 fully saturated rings. The van der Waals surface area contributed by atoms with E-state index in [-0.39, 0.29) is 22.9 Å².